The van der Waals surface area contributed by atoms with Gasteiger partial charge in [0.1, 0.15) is 0 Å². The quantitative estimate of drug-likeness (QED) is 0.729. The zero-order valence-electron chi connectivity index (χ0n) is 12.3. The Hall–Kier alpha value is -1.43. The molecule has 0 bridgehead atoms. The van der Waals surface area contributed by atoms with Crippen LogP contribution in [0.5, 0.6) is 0 Å². The molecular weight excluding hydrogens is 254 g/mol. The highest BCUT2D eigenvalue weighted by Crippen LogP contribution is 2.34. The molecule has 1 aliphatic heterocycles. The molecule has 1 saturated heterocycles. The van der Waals surface area contributed by atoms with Crippen molar-refractivity contribution in [2.45, 2.75) is 45.6 Å². The van der Waals surface area contributed by atoms with Crippen molar-refractivity contribution in [3.05, 3.63) is 12.4 Å². The van der Waals surface area contributed by atoms with Crippen LogP contribution in [-0.2, 0) is 11.3 Å². The van der Waals surface area contributed by atoms with E-state index in [4.69, 9.17) is 0 Å². The number of rotatable bonds is 7. The maximum atomic E-state index is 12.5. The van der Waals surface area contributed by atoms with Crippen molar-refractivity contribution in [1.29, 1.82) is 0 Å². The van der Waals surface area contributed by atoms with Gasteiger partial charge in [-0.25, -0.2) is 0 Å². The molecule has 0 aromatic carbocycles. The van der Waals surface area contributed by atoms with Gasteiger partial charge in [0.25, 0.3) is 0 Å². The third-order valence-corrected chi connectivity index (χ3v) is 4.09. The Morgan fingerprint density at radius 3 is 2.90 bits per heavy atom. The van der Waals surface area contributed by atoms with E-state index < -0.39 is 0 Å². The lowest BCUT2D eigenvalue weighted by Gasteiger charge is -2.36. The maximum Gasteiger partial charge on any atom is 0.226 e. The van der Waals surface area contributed by atoms with Crippen molar-refractivity contribution in [2.24, 2.45) is 5.41 Å². The second kappa shape index (κ2) is 7.38. The number of hydrogen-bond donors (Lipinski definition) is 2. The monoisotopic (exact) mass is 279 g/mol. The molecule has 0 atom stereocenters. The normalized spacial score (nSPS) is 17.9. The van der Waals surface area contributed by atoms with Crippen LogP contribution in [0.25, 0.3) is 0 Å². The van der Waals surface area contributed by atoms with Gasteiger partial charge in [0.05, 0.1) is 11.6 Å². The number of carbonyl (C=O) groups excluding carboxylic acids is 1. The van der Waals surface area contributed by atoms with E-state index in [9.17, 15) is 4.79 Å². The molecule has 1 amide bonds. The molecule has 1 fully saturated rings. The van der Waals surface area contributed by atoms with Crippen molar-refractivity contribution in [3.8, 4) is 0 Å². The first-order valence-corrected chi connectivity index (χ1v) is 7.60. The number of aryl methyl sites for hydroxylation is 1. The van der Waals surface area contributed by atoms with Gasteiger partial charge in [0.2, 0.25) is 5.91 Å². The first-order valence-electron chi connectivity index (χ1n) is 7.60. The highest BCUT2D eigenvalue weighted by atomic mass is 16.2. The van der Waals surface area contributed by atoms with E-state index in [-0.39, 0.29) is 11.3 Å². The van der Waals surface area contributed by atoms with Gasteiger partial charge in [-0.05, 0) is 38.8 Å². The van der Waals surface area contributed by atoms with E-state index in [0.717, 1.165) is 51.7 Å². The molecule has 2 rings (SSSR count). The van der Waals surface area contributed by atoms with Crippen LogP contribution in [0.2, 0.25) is 0 Å². The Bertz CT molecular complexity index is 392. The van der Waals surface area contributed by atoms with Crippen molar-refractivity contribution < 1.29 is 4.79 Å². The molecule has 112 valence electrons. The minimum atomic E-state index is -0.146. The second-order valence-corrected chi connectivity index (χ2v) is 5.56. The fraction of sp³-hybridized carbons (Fsp3) is 0.786. The van der Waals surface area contributed by atoms with Crippen molar-refractivity contribution in [3.63, 3.8) is 0 Å². The molecule has 1 aliphatic rings. The second-order valence-electron chi connectivity index (χ2n) is 5.56. The average molecular weight is 279 g/mol. The molecule has 20 heavy (non-hydrogen) atoms. The van der Waals surface area contributed by atoms with E-state index in [0.29, 0.717) is 6.54 Å². The fourth-order valence-electron chi connectivity index (χ4n) is 2.96. The summed E-state index contributed by atoms with van der Waals surface area (Å²) in [4.78, 5) is 12.5. The number of aromatic nitrogens is 3. The zero-order chi connectivity index (χ0) is 14.3. The largest absolute Gasteiger partial charge is 0.356 e. The lowest BCUT2D eigenvalue weighted by molar-refractivity contribution is -0.133. The summed E-state index contributed by atoms with van der Waals surface area (Å²) < 4.78 is 1.79. The molecule has 0 radical (unpaired) electrons. The average Bonchev–Trinajstić information content (AvgIpc) is 2.98. The zero-order valence-corrected chi connectivity index (χ0v) is 12.3. The standard InChI is InChI=1S/C14H25N5O/c1-2-4-14(5-8-15-9-6-14)13(20)16-7-3-11-19-12-10-17-18-19/h10,12,15H,2-9,11H2,1H3,(H,16,20). The van der Waals surface area contributed by atoms with Gasteiger partial charge in [0.15, 0.2) is 0 Å². The summed E-state index contributed by atoms with van der Waals surface area (Å²) in [6.07, 6.45) is 8.36. The van der Waals surface area contributed by atoms with Gasteiger partial charge >= 0.3 is 0 Å². The van der Waals surface area contributed by atoms with Crippen LogP contribution < -0.4 is 10.6 Å². The number of carbonyl (C=O) groups is 1. The summed E-state index contributed by atoms with van der Waals surface area (Å²) in [7, 11) is 0. The number of nitrogens with zero attached hydrogens (tertiary/aromatic N) is 3. The molecule has 0 spiro atoms. The molecule has 1 aromatic heterocycles. The molecule has 0 saturated carbocycles. The van der Waals surface area contributed by atoms with E-state index >= 15 is 0 Å². The summed E-state index contributed by atoms with van der Waals surface area (Å²) >= 11 is 0. The van der Waals surface area contributed by atoms with Crippen molar-refractivity contribution >= 4 is 5.91 Å². The summed E-state index contributed by atoms with van der Waals surface area (Å²) in [5, 5.41) is 14.1. The lowest BCUT2D eigenvalue weighted by Crippen LogP contribution is -2.47. The van der Waals surface area contributed by atoms with Gasteiger partial charge in [-0.15, -0.1) is 5.10 Å². The highest BCUT2D eigenvalue weighted by molar-refractivity contribution is 5.82. The number of piperidine rings is 1. The van der Waals surface area contributed by atoms with E-state index in [1.54, 1.807) is 10.9 Å². The van der Waals surface area contributed by atoms with Gasteiger partial charge in [0, 0.05) is 19.3 Å². The number of hydrogen-bond acceptors (Lipinski definition) is 4. The SMILES string of the molecule is CCCC1(C(=O)NCCCn2ccnn2)CCNCC1. The third kappa shape index (κ3) is 3.79. The van der Waals surface area contributed by atoms with Gasteiger partial charge < -0.3 is 10.6 Å². The Morgan fingerprint density at radius 1 is 1.45 bits per heavy atom. The molecule has 1 aromatic rings. The van der Waals surface area contributed by atoms with Crippen LogP contribution in [-0.4, -0.2) is 40.5 Å². The smallest absolute Gasteiger partial charge is 0.226 e. The van der Waals surface area contributed by atoms with E-state index in [1.807, 2.05) is 6.20 Å². The van der Waals surface area contributed by atoms with Gasteiger partial charge in [-0.1, -0.05) is 18.6 Å². The van der Waals surface area contributed by atoms with Crippen molar-refractivity contribution in [2.75, 3.05) is 19.6 Å². The van der Waals surface area contributed by atoms with Crippen LogP contribution >= 0.6 is 0 Å². The minimum absolute atomic E-state index is 0.146. The molecule has 2 N–H and O–H groups in total. The first kappa shape index (κ1) is 15.0. The molecule has 6 heteroatoms. The predicted octanol–water partition coefficient (Wildman–Crippen LogP) is 0.954. The lowest BCUT2D eigenvalue weighted by atomic mass is 9.74. The molecule has 6 nitrogen and oxygen atoms in total. The van der Waals surface area contributed by atoms with Gasteiger partial charge in [-0.3, -0.25) is 9.48 Å². The Kier molecular flexibility index (Phi) is 5.52. The summed E-state index contributed by atoms with van der Waals surface area (Å²) in [5.41, 5.74) is -0.146. The number of nitrogens with one attached hydrogen (secondary N) is 2. The Morgan fingerprint density at radius 2 is 2.25 bits per heavy atom. The Labute approximate surface area is 120 Å². The van der Waals surface area contributed by atoms with Crippen molar-refractivity contribution in [1.82, 2.24) is 25.6 Å². The topological polar surface area (TPSA) is 71.8 Å². The molecular formula is C14H25N5O. The summed E-state index contributed by atoms with van der Waals surface area (Å²) in [6.45, 7) is 5.56. The van der Waals surface area contributed by atoms with Crippen LogP contribution in [0.3, 0.4) is 0 Å². The Balaban J connectivity index is 1.76. The highest BCUT2D eigenvalue weighted by Gasteiger charge is 2.38. The molecule has 2 heterocycles. The third-order valence-electron chi connectivity index (χ3n) is 4.09. The van der Waals surface area contributed by atoms with Crippen LogP contribution in [0.15, 0.2) is 12.4 Å². The molecule has 0 aliphatic carbocycles. The minimum Gasteiger partial charge on any atom is -0.356 e. The molecule has 0 unspecified atom stereocenters. The fourth-order valence-corrected chi connectivity index (χ4v) is 2.96. The van der Waals surface area contributed by atoms with E-state index in [1.165, 1.54) is 0 Å². The summed E-state index contributed by atoms with van der Waals surface area (Å²) in [5.74, 6) is 0.236. The first-order chi connectivity index (χ1) is 9.77. The van der Waals surface area contributed by atoms with Crippen LogP contribution in [0.4, 0.5) is 0 Å². The van der Waals surface area contributed by atoms with Crippen LogP contribution in [0.1, 0.15) is 39.0 Å². The number of amides is 1. The van der Waals surface area contributed by atoms with Crippen LogP contribution in [0, 0.1) is 5.41 Å². The van der Waals surface area contributed by atoms with Gasteiger partial charge in [-0.2, -0.15) is 0 Å². The van der Waals surface area contributed by atoms with E-state index in [2.05, 4.69) is 27.9 Å². The summed E-state index contributed by atoms with van der Waals surface area (Å²) in [6, 6.07) is 0. The maximum absolute atomic E-state index is 12.5. The predicted molar refractivity (Wildman–Crippen MR) is 77.1 cm³/mol.